The third-order valence-electron chi connectivity index (χ3n) is 3.89. The van der Waals surface area contributed by atoms with E-state index >= 15 is 0 Å². The zero-order chi connectivity index (χ0) is 17.2. The number of carboxylic acid groups (broad SMARTS) is 1. The van der Waals surface area contributed by atoms with Crippen molar-refractivity contribution in [3.8, 4) is 5.75 Å². The van der Waals surface area contributed by atoms with E-state index in [2.05, 4.69) is 15.9 Å². The Morgan fingerprint density at radius 1 is 0.875 bits per heavy atom. The number of halogens is 1. The Morgan fingerprint density at radius 2 is 1.50 bits per heavy atom. The fourth-order valence-corrected chi connectivity index (χ4v) is 2.76. The molecule has 0 spiro atoms. The summed E-state index contributed by atoms with van der Waals surface area (Å²) < 4.78 is 6.76. The van der Waals surface area contributed by atoms with E-state index in [1.165, 1.54) is 24.8 Å². The van der Waals surface area contributed by atoms with Gasteiger partial charge < -0.3 is 9.84 Å². The topological polar surface area (TPSA) is 46.5 Å². The first-order valence-corrected chi connectivity index (χ1v) is 9.15. The van der Waals surface area contributed by atoms with E-state index < -0.39 is 5.97 Å². The van der Waals surface area contributed by atoms with Crippen molar-refractivity contribution >= 4 is 21.9 Å². The Hall–Kier alpha value is -1.81. The third kappa shape index (κ3) is 6.75. The molecule has 0 unspecified atom stereocenters. The molecule has 24 heavy (non-hydrogen) atoms. The Balaban J connectivity index is 1.50. The molecule has 0 amide bonds. The fourth-order valence-electron chi connectivity index (χ4n) is 2.50. The minimum Gasteiger partial charge on any atom is -0.494 e. The predicted octanol–water partition coefficient (Wildman–Crippen LogP) is 5.72. The van der Waals surface area contributed by atoms with Crippen molar-refractivity contribution in [2.75, 3.05) is 6.61 Å². The van der Waals surface area contributed by atoms with E-state index in [-0.39, 0.29) is 0 Å². The van der Waals surface area contributed by atoms with Crippen LogP contribution in [0.4, 0.5) is 0 Å². The number of hydrogen-bond acceptors (Lipinski definition) is 2. The van der Waals surface area contributed by atoms with Crippen LogP contribution >= 0.6 is 15.9 Å². The van der Waals surface area contributed by atoms with Crippen molar-refractivity contribution in [3.05, 3.63) is 64.1 Å². The maximum atomic E-state index is 10.8. The number of carboxylic acids is 1. The van der Waals surface area contributed by atoms with Gasteiger partial charge in [0.25, 0.3) is 0 Å². The molecule has 0 fully saturated rings. The zero-order valence-electron chi connectivity index (χ0n) is 13.7. The molecular weight excluding hydrogens is 368 g/mol. The van der Waals surface area contributed by atoms with Gasteiger partial charge >= 0.3 is 5.97 Å². The van der Waals surface area contributed by atoms with Crippen LogP contribution in [0.3, 0.4) is 0 Å². The molecule has 1 N–H and O–H groups in total. The first-order chi connectivity index (χ1) is 11.6. The maximum Gasteiger partial charge on any atom is 0.335 e. The van der Waals surface area contributed by atoms with Crippen molar-refractivity contribution in [1.82, 2.24) is 0 Å². The van der Waals surface area contributed by atoms with Crippen LogP contribution in [0.2, 0.25) is 0 Å². The van der Waals surface area contributed by atoms with Gasteiger partial charge in [0.05, 0.1) is 12.2 Å². The summed E-state index contributed by atoms with van der Waals surface area (Å²) in [5.74, 6) is 0.0508. The summed E-state index contributed by atoms with van der Waals surface area (Å²) >= 11 is 3.41. The number of benzene rings is 2. The molecule has 0 aliphatic rings. The second-order valence-corrected chi connectivity index (χ2v) is 6.74. The van der Waals surface area contributed by atoms with Crippen LogP contribution in [0.1, 0.15) is 48.0 Å². The summed E-state index contributed by atoms with van der Waals surface area (Å²) in [5, 5.41) is 8.87. The normalized spacial score (nSPS) is 10.5. The van der Waals surface area contributed by atoms with Crippen LogP contribution < -0.4 is 4.74 Å². The zero-order valence-corrected chi connectivity index (χ0v) is 15.3. The Labute approximate surface area is 151 Å². The van der Waals surface area contributed by atoms with Gasteiger partial charge in [-0.2, -0.15) is 0 Å². The minimum absolute atomic E-state index is 0.351. The van der Waals surface area contributed by atoms with Crippen molar-refractivity contribution in [2.45, 2.75) is 38.5 Å². The van der Waals surface area contributed by atoms with Crippen LogP contribution in [0, 0.1) is 0 Å². The molecule has 0 atom stereocenters. The quantitative estimate of drug-likeness (QED) is 0.527. The number of hydrogen-bond donors (Lipinski definition) is 1. The molecule has 128 valence electrons. The van der Waals surface area contributed by atoms with E-state index in [0.29, 0.717) is 5.56 Å². The summed E-state index contributed by atoms with van der Waals surface area (Å²) in [6.45, 7) is 0.762. The summed E-state index contributed by atoms with van der Waals surface area (Å²) in [7, 11) is 0. The van der Waals surface area contributed by atoms with Crippen LogP contribution in [-0.4, -0.2) is 17.7 Å². The lowest BCUT2D eigenvalue weighted by Gasteiger charge is -2.06. The first-order valence-electron chi connectivity index (χ1n) is 8.36. The highest BCUT2D eigenvalue weighted by atomic mass is 79.9. The SMILES string of the molecule is O=C(O)c1ccc(CCCCCCCOc2ccc(Br)cc2)cc1. The summed E-state index contributed by atoms with van der Waals surface area (Å²) in [4.78, 5) is 10.8. The van der Waals surface area contributed by atoms with Gasteiger partial charge in [-0.05, 0) is 61.2 Å². The molecule has 0 aromatic heterocycles. The third-order valence-corrected chi connectivity index (χ3v) is 4.42. The molecule has 3 nitrogen and oxygen atoms in total. The smallest absolute Gasteiger partial charge is 0.335 e. The molecule has 0 heterocycles. The lowest BCUT2D eigenvalue weighted by atomic mass is 10.0. The first kappa shape index (κ1) is 18.5. The van der Waals surface area contributed by atoms with Gasteiger partial charge in [-0.1, -0.05) is 47.3 Å². The van der Waals surface area contributed by atoms with Crippen molar-refractivity contribution in [3.63, 3.8) is 0 Å². The van der Waals surface area contributed by atoms with Gasteiger partial charge in [-0.3, -0.25) is 0 Å². The lowest BCUT2D eigenvalue weighted by molar-refractivity contribution is 0.0697. The van der Waals surface area contributed by atoms with Gasteiger partial charge in [-0.15, -0.1) is 0 Å². The second-order valence-electron chi connectivity index (χ2n) is 5.82. The van der Waals surface area contributed by atoms with Gasteiger partial charge in [0.1, 0.15) is 5.75 Å². The van der Waals surface area contributed by atoms with E-state index in [9.17, 15) is 4.79 Å². The van der Waals surface area contributed by atoms with Gasteiger partial charge in [0.15, 0.2) is 0 Å². The molecule has 2 rings (SSSR count). The number of aryl methyl sites for hydroxylation is 1. The molecule has 2 aromatic carbocycles. The van der Waals surface area contributed by atoms with Crippen molar-refractivity contribution < 1.29 is 14.6 Å². The number of carbonyl (C=O) groups is 1. The number of ether oxygens (including phenoxy) is 1. The Kier molecular flexibility index (Phi) is 7.83. The van der Waals surface area contributed by atoms with E-state index in [1.807, 2.05) is 36.4 Å². The van der Waals surface area contributed by atoms with E-state index in [1.54, 1.807) is 12.1 Å². The van der Waals surface area contributed by atoms with E-state index in [4.69, 9.17) is 9.84 Å². The monoisotopic (exact) mass is 390 g/mol. The van der Waals surface area contributed by atoms with Crippen molar-refractivity contribution in [2.24, 2.45) is 0 Å². The van der Waals surface area contributed by atoms with Gasteiger partial charge in [0, 0.05) is 4.47 Å². The second kappa shape index (κ2) is 10.1. The fraction of sp³-hybridized carbons (Fsp3) is 0.350. The van der Waals surface area contributed by atoms with Crippen LogP contribution in [0.5, 0.6) is 5.75 Å². The minimum atomic E-state index is -0.869. The lowest BCUT2D eigenvalue weighted by Crippen LogP contribution is -1.97. The molecular formula is C20H23BrO3. The Morgan fingerprint density at radius 3 is 2.17 bits per heavy atom. The summed E-state index contributed by atoms with van der Waals surface area (Å²) in [6, 6.07) is 15.1. The van der Waals surface area contributed by atoms with Crippen LogP contribution in [-0.2, 0) is 6.42 Å². The number of rotatable bonds is 10. The van der Waals surface area contributed by atoms with E-state index in [0.717, 1.165) is 36.1 Å². The van der Waals surface area contributed by atoms with Gasteiger partial charge in [-0.25, -0.2) is 4.79 Å². The average molecular weight is 391 g/mol. The molecule has 0 saturated carbocycles. The Bertz CT molecular complexity index is 620. The average Bonchev–Trinajstić information content (AvgIpc) is 2.59. The highest BCUT2D eigenvalue weighted by Gasteiger charge is 2.01. The predicted molar refractivity (Wildman–Crippen MR) is 99.8 cm³/mol. The van der Waals surface area contributed by atoms with Gasteiger partial charge in [0.2, 0.25) is 0 Å². The summed E-state index contributed by atoms with van der Waals surface area (Å²) in [6.07, 6.45) is 6.79. The standard InChI is InChI=1S/C20H23BrO3/c21-18-11-13-19(14-12-18)24-15-5-3-1-2-4-6-16-7-9-17(10-8-16)20(22)23/h7-14H,1-6,15H2,(H,22,23). The molecule has 2 aromatic rings. The number of unbranched alkanes of at least 4 members (excludes halogenated alkanes) is 4. The maximum absolute atomic E-state index is 10.8. The van der Waals surface area contributed by atoms with Crippen molar-refractivity contribution in [1.29, 1.82) is 0 Å². The summed E-state index contributed by atoms with van der Waals surface area (Å²) in [5.41, 5.74) is 1.56. The molecule has 0 radical (unpaired) electrons. The number of aromatic carboxylic acids is 1. The highest BCUT2D eigenvalue weighted by Crippen LogP contribution is 2.16. The van der Waals surface area contributed by atoms with Crippen LogP contribution in [0.25, 0.3) is 0 Å². The molecule has 0 bridgehead atoms. The molecule has 0 saturated heterocycles. The molecule has 4 heteroatoms. The largest absolute Gasteiger partial charge is 0.494 e. The molecule has 0 aliphatic heterocycles. The highest BCUT2D eigenvalue weighted by molar-refractivity contribution is 9.10. The van der Waals surface area contributed by atoms with Crippen LogP contribution in [0.15, 0.2) is 53.0 Å². The molecule has 0 aliphatic carbocycles.